The maximum atomic E-state index is 10.6. The highest BCUT2D eigenvalue weighted by Crippen LogP contribution is 2.28. The number of hydrogen-bond acceptors (Lipinski definition) is 3. The van der Waals surface area contributed by atoms with Crippen LogP contribution >= 0.6 is 11.6 Å². The van der Waals surface area contributed by atoms with Gasteiger partial charge in [-0.2, -0.15) is 5.10 Å². The van der Waals surface area contributed by atoms with E-state index in [0.29, 0.717) is 11.3 Å². The van der Waals surface area contributed by atoms with E-state index in [9.17, 15) is 9.90 Å². The molecule has 6 heteroatoms. The first-order valence-corrected chi connectivity index (χ1v) is 4.73. The molecular formula is C10H7ClN2O3. The molecule has 0 aliphatic heterocycles. The van der Waals surface area contributed by atoms with Gasteiger partial charge in [-0.1, -0.05) is 11.6 Å². The Hall–Kier alpha value is -2.01. The van der Waals surface area contributed by atoms with Gasteiger partial charge in [0, 0.05) is 5.56 Å². The Bertz CT molecular complexity index is 551. The van der Waals surface area contributed by atoms with Crippen LogP contribution in [-0.4, -0.2) is 26.4 Å². The number of aromatic nitrogens is 2. The quantitative estimate of drug-likeness (QED) is 0.748. The van der Waals surface area contributed by atoms with Crippen LogP contribution < -0.4 is 0 Å². The van der Waals surface area contributed by atoms with E-state index in [2.05, 4.69) is 10.2 Å². The van der Waals surface area contributed by atoms with Crippen LogP contribution in [0.25, 0.3) is 11.3 Å². The monoisotopic (exact) mass is 238 g/mol. The lowest BCUT2D eigenvalue weighted by Gasteiger charge is -1.99. The predicted molar refractivity (Wildman–Crippen MR) is 57.7 cm³/mol. The van der Waals surface area contributed by atoms with Crippen molar-refractivity contribution < 1.29 is 15.0 Å². The Morgan fingerprint density at radius 3 is 2.69 bits per heavy atom. The number of benzene rings is 1. The number of H-pyrrole nitrogens is 1. The summed E-state index contributed by atoms with van der Waals surface area (Å²) in [6.45, 7) is 0. The van der Waals surface area contributed by atoms with Gasteiger partial charge in [0.1, 0.15) is 11.4 Å². The van der Waals surface area contributed by atoms with Crippen LogP contribution in [0.1, 0.15) is 10.5 Å². The third kappa shape index (κ3) is 1.85. The van der Waals surface area contributed by atoms with Gasteiger partial charge in [-0.3, -0.25) is 5.10 Å². The summed E-state index contributed by atoms with van der Waals surface area (Å²) in [4.78, 5) is 10.6. The number of nitrogens with one attached hydrogen (secondary N) is 1. The van der Waals surface area contributed by atoms with Crippen molar-refractivity contribution in [1.29, 1.82) is 0 Å². The number of phenolic OH excluding ortho intramolecular Hbond substituents is 1. The van der Waals surface area contributed by atoms with Crippen LogP contribution in [0.4, 0.5) is 0 Å². The molecule has 0 atom stereocenters. The average Bonchev–Trinajstić information content (AvgIpc) is 2.71. The second-order valence-corrected chi connectivity index (χ2v) is 3.55. The van der Waals surface area contributed by atoms with E-state index in [1.165, 1.54) is 18.2 Å². The van der Waals surface area contributed by atoms with Crippen molar-refractivity contribution in [2.75, 3.05) is 0 Å². The molecule has 1 aromatic heterocycles. The Morgan fingerprint density at radius 2 is 2.12 bits per heavy atom. The summed E-state index contributed by atoms with van der Waals surface area (Å²) in [6, 6.07) is 5.93. The molecule has 0 saturated heterocycles. The zero-order valence-corrected chi connectivity index (χ0v) is 8.69. The molecule has 2 aromatic rings. The zero-order valence-electron chi connectivity index (χ0n) is 7.94. The van der Waals surface area contributed by atoms with Crippen molar-refractivity contribution >= 4 is 17.6 Å². The molecule has 0 radical (unpaired) electrons. The van der Waals surface area contributed by atoms with Gasteiger partial charge >= 0.3 is 5.97 Å². The fraction of sp³-hybridized carbons (Fsp3) is 0. The molecule has 0 aliphatic carbocycles. The summed E-state index contributed by atoms with van der Waals surface area (Å²) in [5.74, 6) is -1.11. The Morgan fingerprint density at radius 1 is 1.38 bits per heavy atom. The summed E-state index contributed by atoms with van der Waals surface area (Å²) in [7, 11) is 0. The molecule has 3 N–H and O–H groups in total. The summed E-state index contributed by atoms with van der Waals surface area (Å²) in [5, 5.41) is 24.3. The fourth-order valence-electron chi connectivity index (χ4n) is 1.25. The second-order valence-electron chi connectivity index (χ2n) is 3.14. The maximum Gasteiger partial charge on any atom is 0.353 e. The lowest BCUT2D eigenvalue weighted by molar-refractivity contribution is 0.0690. The molecule has 0 aliphatic rings. The van der Waals surface area contributed by atoms with Crippen molar-refractivity contribution in [3.63, 3.8) is 0 Å². The van der Waals surface area contributed by atoms with Crippen LogP contribution in [-0.2, 0) is 0 Å². The number of aromatic amines is 1. The number of rotatable bonds is 2. The fourth-order valence-corrected chi connectivity index (χ4v) is 1.43. The molecular weight excluding hydrogens is 232 g/mol. The summed E-state index contributed by atoms with van der Waals surface area (Å²) in [5.41, 5.74) is 1.09. The first-order chi connectivity index (χ1) is 7.58. The molecule has 5 nitrogen and oxygen atoms in total. The van der Waals surface area contributed by atoms with Crippen LogP contribution in [0, 0.1) is 0 Å². The number of aromatic hydroxyl groups is 1. The smallest absolute Gasteiger partial charge is 0.353 e. The molecule has 16 heavy (non-hydrogen) atoms. The standard InChI is InChI=1S/C10H7ClN2O3/c11-6-3-5(1-2-9(6)14)7-4-8(10(15)16)13-12-7/h1-4,14H,(H,12,13)(H,15,16). The molecule has 1 aromatic carbocycles. The van der Waals surface area contributed by atoms with Gasteiger partial charge in [0.15, 0.2) is 0 Å². The van der Waals surface area contributed by atoms with Gasteiger partial charge in [0.25, 0.3) is 0 Å². The predicted octanol–water partition coefficient (Wildman–Crippen LogP) is 2.13. The largest absolute Gasteiger partial charge is 0.506 e. The van der Waals surface area contributed by atoms with Gasteiger partial charge in [0.05, 0.1) is 10.7 Å². The Labute approximate surface area is 95.3 Å². The number of carbonyl (C=O) groups is 1. The molecule has 0 unspecified atom stereocenters. The van der Waals surface area contributed by atoms with E-state index in [0.717, 1.165) is 0 Å². The first-order valence-electron chi connectivity index (χ1n) is 4.35. The molecule has 0 spiro atoms. The molecule has 0 saturated carbocycles. The van der Waals surface area contributed by atoms with Crippen molar-refractivity contribution in [3.8, 4) is 17.0 Å². The van der Waals surface area contributed by atoms with Crippen LogP contribution in [0.15, 0.2) is 24.3 Å². The maximum absolute atomic E-state index is 10.6. The molecule has 82 valence electrons. The van der Waals surface area contributed by atoms with Gasteiger partial charge in [-0.05, 0) is 24.3 Å². The van der Waals surface area contributed by atoms with Gasteiger partial charge in [0.2, 0.25) is 0 Å². The van der Waals surface area contributed by atoms with E-state index in [1.54, 1.807) is 6.07 Å². The summed E-state index contributed by atoms with van der Waals surface area (Å²) in [6.07, 6.45) is 0. The Balaban J connectivity index is 2.42. The van der Waals surface area contributed by atoms with Crippen LogP contribution in [0.3, 0.4) is 0 Å². The minimum atomic E-state index is -1.08. The number of nitrogens with zero attached hydrogens (tertiary/aromatic N) is 1. The van der Waals surface area contributed by atoms with Crippen molar-refractivity contribution in [2.45, 2.75) is 0 Å². The number of halogens is 1. The van der Waals surface area contributed by atoms with Gasteiger partial charge < -0.3 is 10.2 Å². The molecule has 0 fully saturated rings. The molecule has 0 amide bonds. The first kappa shape index (κ1) is 10.5. The second kappa shape index (κ2) is 3.86. The van der Waals surface area contributed by atoms with Gasteiger partial charge in [-0.25, -0.2) is 4.79 Å². The van der Waals surface area contributed by atoms with Crippen molar-refractivity contribution in [3.05, 3.63) is 35.0 Å². The highest BCUT2D eigenvalue weighted by molar-refractivity contribution is 6.32. The number of carboxylic acid groups (broad SMARTS) is 1. The third-order valence-corrected chi connectivity index (χ3v) is 2.35. The number of phenols is 1. The molecule has 0 bridgehead atoms. The minimum Gasteiger partial charge on any atom is -0.506 e. The molecule has 2 rings (SSSR count). The topological polar surface area (TPSA) is 86.2 Å². The SMILES string of the molecule is O=C(O)c1cc(-c2ccc(O)c(Cl)c2)n[nH]1. The number of carboxylic acids is 1. The van der Waals surface area contributed by atoms with Crippen molar-refractivity contribution in [2.24, 2.45) is 0 Å². The number of hydrogen-bond donors (Lipinski definition) is 3. The van der Waals surface area contributed by atoms with Gasteiger partial charge in [-0.15, -0.1) is 0 Å². The summed E-state index contributed by atoms with van der Waals surface area (Å²) >= 11 is 5.73. The van der Waals surface area contributed by atoms with E-state index >= 15 is 0 Å². The van der Waals surface area contributed by atoms with Crippen LogP contribution in [0.5, 0.6) is 5.75 Å². The third-order valence-electron chi connectivity index (χ3n) is 2.05. The molecule has 1 heterocycles. The lowest BCUT2D eigenvalue weighted by atomic mass is 10.1. The highest BCUT2D eigenvalue weighted by atomic mass is 35.5. The summed E-state index contributed by atoms with van der Waals surface area (Å²) < 4.78 is 0. The minimum absolute atomic E-state index is 0.000743. The van der Waals surface area contributed by atoms with Crippen molar-refractivity contribution in [1.82, 2.24) is 10.2 Å². The van der Waals surface area contributed by atoms with E-state index in [-0.39, 0.29) is 16.5 Å². The Kier molecular flexibility index (Phi) is 2.54. The van der Waals surface area contributed by atoms with Crippen LogP contribution in [0.2, 0.25) is 5.02 Å². The van der Waals surface area contributed by atoms with E-state index in [1.807, 2.05) is 0 Å². The zero-order chi connectivity index (χ0) is 11.7. The van der Waals surface area contributed by atoms with E-state index in [4.69, 9.17) is 16.7 Å². The average molecular weight is 239 g/mol. The lowest BCUT2D eigenvalue weighted by Crippen LogP contribution is -1.95. The normalized spacial score (nSPS) is 10.3. The van der Waals surface area contributed by atoms with E-state index < -0.39 is 5.97 Å². The highest BCUT2D eigenvalue weighted by Gasteiger charge is 2.10. The number of aromatic carboxylic acids is 1.